The van der Waals surface area contributed by atoms with Crippen LogP contribution in [0.3, 0.4) is 0 Å². The van der Waals surface area contributed by atoms with E-state index in [9.17, 15) is 9.59 Å². The van der Waals surface area contributed by atoms with Gasteiger partial charge in [-0.25, -0.2) is 4.79 Å². The first-order valence-electron chi connectivity index (χ1n) is 4.98. The smallest absolute Gasteiger partial charge is 0.319 e. The molecule has 1 aliphatic rings. The van der Waals surface area contributed by atoms with Crippen LogP contribution in [0.15, 0.2) is 0 Å². The third-order valence-electron chi connectivity index (χ3n) is 2.36. The number of nitrogens with zero attached hydrogens (tertiary/aromatic N) is 2. The van der Waals surface area contributed by atoms with Gasteiger partial charge in [0.1, 0.15) is 6.10 Å². The minimum Gasteiger partial charge on any atom is -0.384 e. The fourth-order valence-corrected chi connectivity index (χ4v) is 1.37. The van der Waals surface area contributed by atoms with E-state index < -0.39 is 12.0 Å². The van der Waals surface area contributed by atoms with Gasteiger partial charge in [0.05, 0.1) is 0 Å². The highest BCUT2D eigenvalue weighted by molar-refractivity contribution is 5.80. The molecule has 0 aromatic rings. The Bertz CT molecular complexity index is 255. The molecule has 1 rings (SSSR count). The van der Waals surface area contributed by atoms with Crippen molar-refractivity contribution >= 4 is 11.9 Å². The first-order valence-corrected chi connectivity index (χ1v) is 4.98. The largest absolute Gasteiger partial charge is 0.384 e. The number of hydrogen-bond acceptors (Lipinski definition) is 3. The van der Waals surface area contributed by atoms with Crippen molar-refractivity contribution in [3.05, 3.63) is 0 Å². The van der Waals surface area contributed by atoms with Crippen molar-refractivity contribution in [2.75, 3.05) is 33.2 Å². The number of likely N-dealkylation sites (N-methyl/N-ethyl adjacent to an activating group) is 1. The number of rotatable bonds is 4. The first kappa shape index (κ1) is 11.8. The lowest BCUT2D eigenvalue weighted by Gasteiger charge is -2.16. The molecule has 6 nitrogen and oxygen atoms in total. The van der Waals surface area contributed by atoms with E-state index in [1.165, 1.54) is 6.92 Å². The van der Waals surface area contributed by atoms with Crippen LogP contribution in [0, 0.1) is 0 Å². The minimum absolute atomic E-state index is 0.0127. The Kier molecular flexibility index (Phi) is 3.90. The Balaban J connectivity index is 2.21. The van der Waals surface area contributed by atoms with E-state index in [0.29, 0.717) is 19.6 Å². The van der Waals surface area contributed by atoms with E-state index in [2.05, 4.69) is 5.32 Å². The normalized spacial score (nSPS) is 18.2. The molecule has 3 amide bonds. The molecule has 0 aromatic heterocycles. The summed E-state index contributed by atoms with van der Waals surface area (Å²) in [5, 5.41) is 11.4. The SMILES string of the molecule is CC(O)C(=O)NCCN1CCN(C)C1=O. The molecule has 0 spiro atoms. The predicted octanol–water partition coefficient (Wildman–Crippen LogP) is -1.15. The van der Waals surface area contributed by atoms with E-state index >= 15 is 0 Å². The maximum atomic E-state index is 11.4. The van der Waals surface area contributed by atoms with Crippen LogP contribution in [0.4, 0.5) is 4.79 Å². The van der Waals surface area contributed by atoms with Crippen molar-refractivity contribution in [2.45, 2.75) is 13.0 Å². The fraction of sp³-hybridized carbons (Fsp3) is 0.778. The Hall–Kier alpha value is -1.30. The number of nitrogens with one attached hydrogen (secondary N) is 1. The van der Waals surface area contributed by atoms with Gasteiger partial charge in [0.15, 0.2) is 0 Å². The van der Waals surface area contributed by atoms with Gasteiger partial charge in [0.2, 0.25) is 5.91 Å². The molecule has 0 saturated carbocycles. The Morgan fingerprint density at radius 3 is 2.73 bits per heavy atom. The third kappa shape index (κ3) is 3.09. The summed E-state index contributed by atoms with van der Waals surface area (Å²) in [6, 6.07) is -0.0127. The molecule has 86 valence electrons. The standard InChI is InChI=1S/C9H17N3O3/c1-7(13)8(14)10-3-4-12-6-5-11(2)9(12)15/h7,13H,3-6H2,1-2H3,(H,10,14). The zero-order valence-electron chi connectivity index (χ0n) is 9.06. The van der Waals surface area contributed by atoms with Gasteiger partial charge in [-0.1, -0.05) is 0 Å². The van der Waals surface area contributed by atoms with E-state index in [-0.39, 0.29) is 6.03 Å². The summed E-state index contributed by atoms with van der Waals surface area (Å²) in [4.78, 5) is 25.7. The Morgan fingerprint density at radius 1 is 1.60 bits per heavy atom. The maximum Gasteiger partial charge on any atom is 0.319 e. The number of urea groups is 1. The first-order chi connectivity index (χ1) is 7.02. The van der Waals surface area contributed by atoms with Crippen LogP contribution in [0.5, 0.6) is 0 Å². The topological polar surface area (TPSA) is 72.9 Å². The number of hydrogen-bond donors (Lipinski definition) is 2. The second kappa shape index (κ2) is 4.97. The molecule has 1 heterocycles. The highest BCUT2D eigenvalue weighted by atomic mass is 16.3. The zero-order valence-corrected chi connectivity index (χ0v) is 9.06. The highest BCUT2D eigenvalue weighted by Crippen LogP contribution is 2.04. The summed E-state index contributed by atoms with van der Waals surface area (Å²) < 4.78 is 0. The van der Waals surface area contributed by atoms with E-state index in [1.54, 1.807) is 16.8 Å². The van der Waals surface area contributed by atoms with Gasteiger partial charge >= 0.3 is 6.03 Å². The van der Waals surface area contributed by atoms with E-state index in [0.717, 1.165) is 6.54 Å². The molecule has 0 aromatic carbocycles. The number of carbonyl (C=O) groups is 2. The van der Waals surface area contributed by atoms with Crippen LogP contribution in [-0.2, 0) is 4.79 Å². The minimum atomic E-state index is -0.998. The van der Waals surface area contributed by atoms with Gasteiger partial charge < -0.3 is 20.2 Å². The Labute approximate surface area is 88.8 Å². The van der Waals surface area contributed by atoms with Crippen LogP contribution in [0.25, 0.3) is 0 Å². The van der Waals surface area contributed by atoms with Crippen molar-refractivity contribution in [3.63, 3.8) is 0 Å². The second-order valence-electron chi connectivity index (χ2n) is 3.66. The summed E-state index contributed by atoms with van der Waals surface area (Å²) in [5.41, 5.74) is 0. The third-order valence-corrected chi connectivity index (χ3v) is 2.36. The van der Waals surface area contributed by atoms with Crippen molar-refractivity contribution in [2.24, 2.45) is 0 Å². The summed E-state index contributed by atoms with van der Waals surface area (Å²) in [7, 11) is 1.75. The lowest BCUT2D eigenvalue weighted by atomic mass is 10.4. The number of amides is 3. The predicted molar refractivity (Wildman–Crippen MR) is 54.3 cm³/mol. The monoisotopic (exact) mass is 215 g/mol. The van der Waals surface area contributed by atoms with Gasteiger partial charge in [-0.15, -0.1) is 0 Å². The lowest BCUT2D eigenvalue weighted by molar-refractivity contribution is -0.128. The van der Waals surface area contributed by atoms with E-state index in [1.807, 2.05) is 0 Å². The van der Waals surface area contributed by atoms with Crippen molar-refractivity contribution < 1.29 is 14.7 Å². The van der Waals surface area contributed by atoms with Crippen LogP contribution >= 0.6 is 0 Å². The number of aliphatic hydroxyl groups excluding tert-OH is 1. The van der Waals surface area contributed by atoms with Gasteiger partial charge in [-0.2, -0.15) is 0 Å². The van der Waals surface area contributed by atoms with Gasteiger partial charge in [0, 0.05) is 33.2 Å². The average Bonchev–Trinajstić information content (AvgIpc) is 2.49. The second-order valence-corrected chi connectivity index (χ2v) is 3.66. The number of carbonyl (C=O) groups excluding carboxylic acids is 2. The lowest BCUT2D eigenvalue weighted by Crippen LogP contribution is -2.40. The molecular formula is C9H17N3O3. The van der Waals surface area contributed by atoms with Gasteiger partial charge in [-0.05, 0) is 6.92 Å². The van der Waals surface area contributed by atoms with E-state index in [4.69, 9.17) is 5.11 Å². The molecule has 1 aliphatic heterocycles. The molecular weight excluding hydrogens is 198 g/mol. The van der Waals surface area contributed by atoms with Crippen molar-refractivity contribution in [1.29, 1.82) is 0 Å². The van der Waals surface area contributed by atoms with Crippen LogP contribution in [0.2, 0.25) is 0 Å². The zero-order chi connectivity index (χ0) is 11.4. The van der Waals surface area contributed by atoms with Crippen LogP contribution in [0.1, 0.15) is 6.92 Å². The molecule has 15 heavy (non-hydrogen) atoms. The summed E-state index contributed by atoms with van der Waals surface area (Å²) >= 11 is 0. The quantitative estimate of drug-likeness (QED) is 0.622. The summed E-state index contributed by atoms with van der Waals surface area (Å²) in [6.07, 6.45) is -0.998. The maximum absolute atomic E-state index is 11.4. The van der Waals surface area contributed by atoms with Crippen LogP contribution < -0.4 is 5.32 Å². The number of aliphatic hydroxyl groups is 1. The van der Waals surface area contributed by atoms with Crippen LogP contribution in [-0.4, -0.2) is 66.2 Å². The van der Waals surface area contributed by atoms with Crippen molar-refractivity contribution in [1.82, 2.24) is 15.1 Å². The molecule has 1 unspecified atom stereocenters. The van der Waals surface area contributed by atoms with Crippen molar-refractivity contribution in [3.8, 4) is 0 Å². The molecule has 0 aliphatic carbocycles. The molecule has 1 fully saturated rings. The summed E-state index contributed by atoms with van der Waals surface area (Å²) in [5.74, 6) is -0.407. The molecule has 1 saturated heterocycles. The highest BCUT2D eigenvalue weighted by Gasteiger charge is 2.24. The molecule has 0 radical (unpaired) electrons. The van der Waals surface area contributed by atoms with Gasteiger partial charge in [-0.3, -0.25) is 4.79 Å². The molecule has 0 bridgehead atoms. The molecule has 6 heteroatoms. The summed E-state index contributed by atoms with van der Waals surface area (Å²) in [6.45, 7) is 3.69. The Morgan fingerprint density at radius 2 is 2.27 bits per heavy atom. The fourth-order valence-electron chi connectivity index (χ4n) is 1.37. The molecule has 2 N–H and O–H groups in total. The molecule has 1 atom stereocenters. The van der Waals surface area contributed by atoms with Gasteiger partial charge in [0.25, 0.3) is 0 Å². The average molecular weight is 215 g/mol.